The van der Waals surface area contributed by atoms with Crippen LogP contribution >= 0.6 is 0 Å². The second kappa shape index (κ2) is 21.5. The van der Waals surface area contributed by atoms with Crippen molar-refractivity contribution in [2.24, 2.45) is 9.98 Å². The van der Waals surface area contributed by atoms with E-state index >= 15 is 26.3 Å². The van der Waals surface area contributed by atoms with Crippen LogP contribution in [0.5, 0.6) is 0 Å². The standard InChI is InChI=1S/C35H10F45N3O5/c1-7-3-9(13(87)83-6-88-8(2)86)10(12(82-5-85)11(7)81-4-84)14(36,37)15(38,39)16(40,41)17(42,43)18(44,45)19(46,47)20(48,49)21(50,51)22(52,53)23(54,55)24(56,57)25(58,59)26(60,61)27(62,63)28(64,65)29(66,67)30(68,69)31(70,71)32(72,73)33(74,75)34(76,77)35(78,79)80/h3H,6H2,1-2H3,(H,83,87). The minimum Gasteiger partial charge on any atom is -0.445 e. The Balaban J connectivity index is 4.39. The topological polar surface area (TPSA) is 114 Å². The number of hydrogen-bond acceptors (Lipinski definition) is 7. The van der Waals surface area contributed by atoms with Crippen LogP contribution in [-0.2, 0) is 25.0 Å². The lowest BCUT2D eigenvalue weighted by Crippen LogP contribution is -2.81. The van der Waals surface area contributed by atoms with E-state index in [4.69, 9.17) is 0 Å². The number of aliphatic imine (C=N–C) groups is 2. The Bertz CT molecular complexity index is 2930. The Labute approximate surface area is 447 Å². The maximum atomic E-state index is 15.8. The Morgan fingerprint density at radius 1 is 0.364 bits per heavy atom. The predicted octanol–water partition coefficient (Wildman–Crippen LogP) is 15.5. The first-order valence-corrected chi connectivity index (χ1v) is 19.6. The lowest BCUT2D eigenvalue weighted by atomic mass is 9.81. The van der Waals surface area contributed by atoms with Crippen molar-refractivity contribution in [1.29, 1.82) is 0 Å². The molecule has 1 rings (SSSR count). The molecule has 1 N–H and O–H groups in total. The van der Waals surface area contributed by atoms with Crippen LogP contribution in [0.15, 0.2) is 16.1 Å². The van der Waals surface area contributed by atoms with E-state index in [0.29, 0.717) is 6.92 Å². The van der Waals surface area contributed by atoms with Gasteiger partial charge in [-0.15, -0.1) is 0 Å². The van der Waals surface area contributed by atoms with E-state index in [9.17, 15) is 190 Å². The summed E-state index contributed by atoms with van der Waals surface area (Å²) in [5.41, 5.74) is -12.8. The first-order chi connectivity index (χ1) is 37.9. The van der Waals surface area contributed by atoms with E-state index in [1.54, 1.807) is 0 Å². The fourth-order valence-corrected chi connectivity index (χ4v) is 6.01. The number of hydrogen-bond donors (Lipinski definition) is 1. The number of benzene rings is 1. The molecule has 0 radical (unpaired) electrons. The van der Waals surface area contributed by atoms with Gasteiger partial charge in [-0.1, -0.05) is 0 Å². The van der Waals surface area contributed by atoms with E-state index in [1.165, 1.54) is 0 Å². The summed E-state index contributed by atoms with van der Waals surface area (Å²) in [4.78, 5) is 49.7. The number of amides is 1. The number of nitrogens with one attached hydrogen (secondary N) is 1. The molecule has 1 aromatic rings. The van der Waals surface area contributed by atoms with Crippen molar-refractivity contribution in [2.75, 3.05) is 6.73 Å². The SMILES string of the molecule is CC(=O)OCNC(=O)c1cc(C)c(N=C=O)c(N=C=O)c1C(F)(F)C(F)(F)C(F)(F)C(F)(F)C(F)(F)C(F)(F)C(F)(F)C(F)(F)C(F)(F)C(F)(F)C(F)(F)C(F)(F)C(F)(F)C(F)(F)C(F)(F)C(F)(F)C(F)(F)C(F)(F)C(F)(F)C(F)(F)C(F)(F)C(F)(F)F. The summed E-state index contributed by atoms with van der Waals surface area (Å²) >= 11 is 0. The zero-order chi connectivity index (χ0) is 71.7. The quantitative estimate of drug-likeness (QED) is 0.0326. The Hall–Kier alpha value is -6.23. The maximum Gasteiger partial charge on any atom is 0.460 e. The molecule has 0 spiro atoms. The Morgan fingerprint density at radius 2 is 0.568 bits per heavy atom. The van der Waals surface area contributed by atoms with Crippen molar-refractivity contribution < 1.29 is 221 Å². The van der Waals surface area contributed by atoms with Gasteiger partial charge in [0, 0.05) is 6.92 Å². The van der Waals surface area contributed by atoms with Gasteiger partial charge in [-0.25, -0.2) is 9.59 Å². The van der Waals surface area contributed by atoms with E-state index in [-0.39, 0.29) is 19.1 Å². The number of ether oxygens (including phenoxy) is 1. The largest absolute Gasteiger partial charge is 0.460 e. The lowest BCUT2D eigenvalue weighted by Gasteiger charge is -2.47. The first kappa shape index (κ1) is 79.8. The van der Waals surface area contributed by atoms with Crippen LogP contribution < -0.4 is 5.32 Å². The van der Waals surface area contributed by atoms with Crippen molar-refractivity contribution in [3.63, 3.8) is 0 Å². The molecule has 0 unspecified atom stereocenters. The van der Waals surface area contributed by atoms with Crippen LogP contribution in [0.25, 0.3) is 0 Å². The molecular formula is C35H10F45N3O5. The molecule has 0 aromatic heterocycles. The number of isocyanates is 2. The molecule has 53 heteroatoms. The second-order valence-corrected chi connectivity index (χ2v) is 16.6. The summed E-state index contributed by atoms with van der Waals surface area (Å²) in [6.45, 7) is -1.11. The van der Waals surface area contributed by atoms with Crippen LogP contribution in [0.1, 0.15) is 28.4 Å². The summed E-state index contributed by atoms with van der Waals surface area (Å²) in [5, 5.41) is 0.996. The summed E-state index contributed by atoms with van der Waals surface area (Å²) in [7, 11) is 0. The molecular weight excluding hydrogens is 1400 g/mol. The molecule has 1 amide bonds. The number of alkyl halides is 45. The maximum absolute atomic E-state index is 15.8. The molecule has 510 valence electrons. The number of halogens is 45. The van der Waals surface area contributed by atoms with Gasteiger partial charge in [0.25, 0.3) is 5.91 Å². The summed E-state index contributed by atoms with van der Waals surface area (Å²) in [6.07, 6.45) is -8.42. The molecule has 0 aliphatic carbocycles. The average Bonchev–Trinajstić information content (AvgIpc) is 3.32. The van der Waals surface area contributed by atoms with Gasteiger partial charge in [0.15, 0.2) is 6.73 Å². The van der Waals surface area contributed by atoms with Gasteiger partial charge in [0.05, 0.1) is 11.1 Å². The van der Waals surface area contributed by atoms with Crippen LogP contribution in [0.4, 0.5) is 209 Å². The minimum atomic E-state index is -10.9. The molecule has 0 saturated heterocycles. The molecule has 0 saturated carbocycles. The van der Waals surface area contributed by atoms with Gasteiger partial charge >= 0.3 is 137 Å². The van der Waals surface area contributed by atoms with Crippen molar-refractivity contribution in [3.8, 4) is 0 Å². The summed E-state index contributed by atoms with van der Waals surface area (Å²) in [6, 6.07) is -0.544. The summed E-state index contributed by atoms with van der Waals surface area (Å²) in [5.74, 6) is -220. The number of carbonyl (C=O) groups excluding carboxylic acids is 4. The number of carbonyl (C=O) groups is 2. The number of rotatable bonds is 26. The Morgan fingerprint density at radius 3 is 0.773 bits per heavy atom. The van der Waals surface area contributed by atoms with Crippen LogP contribution in [0.3, 0.4) is 0 Å². The van der Waals surface area contributed by atoms with Crippen molar-refractivity contribution in [3.05, 3.63) is 22.8 Å². The molecule has 8 nitrogen and oxygen atoms in total. The normalized spacial score (nSPS) is 15.8. The highest BCUT2D eigenvalue weighted by molar-refractivity contribution is 5.99. The molecule has 0 atom stereocenters. The van der Waals surface area contributed by atoms with Gasteiger partial charge in [0.1, 0.15) is 11.4 Å². The highest BCUT2D eigenvalue weighted by Gasteiger charge is 3.04. The van der Waals surface area contributed by atoms with E-state index in [2.05, 4.69) is 9.73 Å². The Kier molecular flexibility index (Phi) is 19.5. The fourth-order valence-electron chi connectivity index (χ4n) is 6.01. The molecule has 1 aromatic carbocycles. The molecule has 88 heavy (non-hydrogen) atoms. The van der Waals surface area contributed by atoms with E-state index < -0.39 is 183 Å². The minimum absolute atomic E-state index is 0.0334. The molecule has 0 bridgehead atoms. The molecule has 0 aliphatic heterocycles. The third-order valence-corrected chi connectivity index (χ3v) is 11.1. The smallest absolute Gasteiger partial charge is 0.445 e. The second-order valence-electron chi connectivity index (χ2n) is 16.6. The van der Waals surface area contributed by atoms with Gasteiger partial charge in [-0.3, -0.25) is 9.59 Å². The summed E-state index contributed by atoms with van der Waals surface area (Å²) < 4.78 is 644. The number of esters is 1. The zero-order valence-electron chi connectivity index (χ0n) is 39.2. The molecule has 0 fully saturated rings. The van der Waals surface area contributed by atoms with Crippen molar-refractivity contribution in [2.45, 2.75) is 144 Å². The predicted molar refractivity (Wildman–Crippen MR) is 180 cm³/mol. The highest BCUT2D eigenvalue weighted by Crippen LogP contribution is 2.72. The zero-order valence-corrected chi connectivity index (χ0v) is 39.2. The van der Waals surface area contributed by atoms with E-state index in [1.807, 2.05) is 4.99 Å². The molecule has 0 aliphatic rings. The average molecular weight is 1410 g/mol. The van der Waals surface area contributed by atoms with Crippen LogP contribution in [0, 0.1) is 6.92 Å². The number of nitrogens with zero attached hydrogens (tertiary/aromatic N) is 2. The fraction of sp³-hybridized carbons (Fsp3) is 0.714. The van der Waals surface area contributed by atoms with Crippen LogP contribution in [-0.4, -0.2) is 155 Å². The van der Waals surface area contributed by atoms with Crippen LogP contribution in [0.2, 0.25) is 0 Å². The number of aryl methyl sites for hydroxylation is 1. The van der Waals surface area contributed by atoms with Gasteiger partial charge in [0.2, 0.25) is 12.2 Å². The van der Waals surface area contributed by atoms with E-state index in [0.717, 1.165) is 5.32 Å². The highest BCUT2D eigenvalue weighted by atomic mass is 19.4. The van der Waals surface area contributed by atoms with Gasteiger partial charge in [-0.2, -0.15) is 208 Å². The van der Waals surface area contributed by atoms with Crippen molar-refractivity contribution >= 4 is 35.4 Å². The monoisotopic (exact) mass is 1410 g/mol. The third-order valence-electron chi connectivity index (χ3n) is 11.1. The van der Waals surface area contributed by atoms with Gasteiger partial charge < -0.3 is 10.1 Å². The first-order valence-electron chi connectivity index (χ1n) is 19.6. The molecule has 0 heterocycles. The van der Waals surface area contributed by atoms with Gasteiger partial charge in [-0.05, 0) is 18.6 Å². The lowest BCUT2D eigenvalue weighted by molar-refractivity contribution is -0.497. The van der Waals surface area contributed by atoms with Crippen molar-refractivity contribution in [1.82, 2.24) is 5.32 Å². The third kappa shape index (κ3) is 9.80.